The van der Waals surface area contributed by atoms with Gasteiger partial charge in [0.1, 0.15) is 0 Å². The fourth-order valence-electron chi connectivity index (χ4n) is 3.03. The van der Waals surface area contributed by atoms with Gasteiger partial charge in [0.15, 0.2) is 0 Å². The van der Waals surface area contributed by atoms with Crippen LogP contribution in [0, 0.1) is 0 Å². The molecule has 1 aliphatic heterocycles. The van der Waals surface area contributed by atoms with Crippen molar-refractivity contribution in [2.75, 3.05) is 39.3 Å². The molecule has 2 aliphatic rings. The molecule has 1 aromatic rings. The molecule has 0 radical (unpaired) electrons. The average Bonchev–Trinajstić information content (AvgIpc) is 3.35. The summed E-state index contributed by atoms with van der Waals surface area (Å²) < 4.78 is 0. The largest absolute Gasteiger partial charge is 0.352 e. The van der Waals surface area contributed by atoms with Crippen LogP contribution in [0.2, 0.25) is 5.02 Å². The lowest BCUT2D eigenvalue weighted by atomic mass is 10.1. The van der Waals surface area contributed by atoms with Gasteiger partial charge in [0, 0.05) is 37.2 Å². The van der Waals surface area contributed by atoms with Crippen molar-refractivity contribution in [3.8, 4) is 0 Å². The van der Waals surface area contributed by atoms with Crippen LogP contribution in [0.5, 0.6) is 0 Å². The summed E-state index contributed by atoms with van der Waals surface area (Å²) in [5, 5.41) is 3.87. The molecule has 23 heavy (non-hydrogen) atoms. The normalized spacial score (nSPS) is 19.7. The second-order valence-corrected chi connectivity index (χ2v) is 7.13. The Labute approximate surface area is 143 Å². The van der Waals surface area contributed by atoms with Crippen molar-refractivity contribution in [3.63, 3.8) is 0 Å². The van der Waals surface area contributed by atoms with E-state index < -0.39 is 0 Å². The van der Waals surface area contributed by atoms with Gasteiger partial charge in [0.2, 0.25) is 5.91 Å². The number of carbonyl (C=O) groups is 1. The Hall–Kier alpha value is -1.10. The maximum Gasteiger partial charge on any atom is 0.234 e. The molecule has 1 aliphatic carbocycles. The van der Waals surface area contributed by atoms with E-state index in [-0.39, 0.29) is 5.91 Å². The molecule has 3 rings (SSSR count). The second-order valence-electron chi connectivity index (χ2n) is 6.69. The van der Waals surface area contributed by atoms with Crippen molar-refractivity contribution >= 4 is 17.5 Å². The van der Waals surface area contributed by atoms with E-state index in [0.29, 0.717) is 12.6 Å². The Morgan fingerprint density at radius 2 is 1.74 bits per heavy atom. The molecule has 0 spiro atoms. The van der Waals surface area contributed by atoms with Crippen molar-refractivity contribution in [1.82, 2.24) is 15.1 Å². The van der Waals surface area contributed by atoms with E-state index in [1.54, 1.807) is 0 Å². The predicted molar refractivity (Wildman–Crippen MR) is 93.8 cm³/mol. The molecule has 2 fully saturated rings. The lowest BCUT2D eigenvalue weighted by Gasteiger charge is -2.34. The molecule has 0 aromatic heterocycles. The number of nitrogens with one attached hydrogen (secondary N) is 1. The standard InChI is InChI=1S/C18H26ClN3O/c19-16-5-3-15(4-6-16)2-1-9-21-10-12-22(13-11-21)14-18(23)20-17-7-8-17/h3-6,17H,1-2,7-14H2,(H,20,23). The molecule has 1 N–H and O–H groups in total. The summed E-state index contributed by atoms with van der Waals surface area (Å²) >= 11 is 5.91. The van der Waals surface area contributed by atoms with Crippen molar-refractivity contribution in [1.29, 1.82) is 0 Å². The van der Waals surface area contributed by atoms with Crippen molar-refractivity contribution < 1.29 is 4.79 Å². The first-order valence-electron chi connectivity index (χ1n) is 8.67. The summed E-state index contributed by atoms with van der Waals surface area (Å²) in [6.07, 6.45) is 4.59. The Balaban J connectivity index is 1.29. The van der Waals surface area contributed by atoms with Gasteiger partial charge in [-0.3, -0.25) is 9.69 Å². The van der Waals surface area contributed by atoms with Crippen molar-refractivity contribution in [2.24, 2.45) is 0 Å². The van der Waals surface area contributed by atoms with Crippen molar-refractivity contribution in [3.05, 3.63) is 34.9 Å². The number of hydrogen-bond acceptors (Lipinski definition) is 3. The van der Waals surface area contributed by atoms with Crippen LogP contribution in [-0.4, -0.2) is 61.0 Å². The maximum absolute atomic E-state index is 11.8. The second kappa shape index (κ2) is 8.13. The number of hydrogen-bond donors (Lipinski definition) is 1. The molecule has 126 valence electrons. The van der Waals surface area contributed by atoms with E-state index in [4.69, 9.17) is 11.6 Å². The number of carbonyl (C=O) groups excluding carboxylic acids is 1. The first-order valence-corrected chi connectivity index (χ1v) is 9.05. The van der Waals surface area contributed by atoms with Crippen LogP contribution in [-0.2, 0) is 11.2 Å². The molecular weight excluding hydrogens is 310 g/mol. The van der Waals surface area contributed by atoms with E-state index in [1.165, 1.54) is 12.0 Å². The Kier molecular flexibility index (Phi) is 5.92. The molecule has 1 saturated carbocycles. The van der Waals surface area contributed by atoms with Gasteiger partial charge in [-0.15, -0.1) is 0 Å². The molecule has 0 bridgehead atoms. The Bertz CT molecular complexity index is 508. The lowest BCUT2D eigenvalue weighted by molar-refractivity contribution is -0.122. The van der Waals surface area contributed by atoms with E-state index in [1.807, 2.05) is 12.1 Å². The Morgan fingerprint density at radius 1 is 1.09 bits per heavy atom. The minimum Gasteiger partial charge on any atom is -0.352 e. The van der Waals surface area contributed by atoms with E-state index in [9.17, 15) is 4.79 Å². The first kappa shape index (κ1) is 16.7. The number of aryl methyl sites for hydroxylation is 1. The van der Waals surface area contributed by atoms with E-state index in [2.05, 4.69) is 27.2 Å². The van der Waals surface area contributed by atoms with Crippen LogP contribution in [0.25, 0.3) is 0 Å². The lowest BCUT2D eigenvalue weighted by Crippen LogP contribution is -2.49. The fraction of sp³-hybridized carbons (Fsp3) is 0.611. The highest BCUT2D eigenvalue weighted by Crippen LogP contribution is 2.18. The smallest absolute Gasteiger partial charge is 0.234 e. The maximum atomic E-state index is 11.8. The highest BCUT2D eigenvalue weighted by Gasteiger charge is 2.25. The minimum atomic E-state index is 0.198. The van der Waals surface area contributed by atoms with E-state index >= 15 is 0 Å². The summed E-state index contributed by atoms with van der Waals surface area (Å²) in [7, 11) is 0. The topological polar surface area (TPSA) is 35.6 Å². The number of nitrogens with zero attached hydrogens (tertiary/aromatic N) is 2. The minimum absolute atomic E-state index is 0.198. The fourth-order valence-corrected chi connectivity index (χ4v) is 3.16. The van der Waals surface area contributed by atoms with Crippen LogP contribution in [0.1, 0.15) is 24.8 Å². The zero-order chi connectivity index (χ0) is 16.1. The Morgan fingerprint density at radius 3 is 2.39 bits per heavy atom. The number of piperazine rings is 1. The van der Waals surface area contributed by atoms with Gasteiger partial charge < -0.3 is 10.2 Å². The van der Waals surface area contributed by atoms with Crippen LogP contribution >= 0.6 is 11.6 Å². The van der Waals surface area contributed by atoms with Gasteiger partial charge in [0.25, 0.3) is 0 Å². The third kappa shape index (κ3) is 5.79. The molecule has 5 heteroatoms. The average molecular weight is 336 g/mol. The molecule has 4 nitrogen and oxygen atoms in total. The van der Waals surface area contributed by atoms with Crippen LogP contribution in [0.15, 0.2) is 24.3 Å². The van der Waals surface area contributed by atoms with Crippen LogP contribution in [0.3, 0.4) is 0 Å². The highest BCUT2D eigenvalue weighted by atomic mass is 35.5. The summed E-state index contributed by atoms with van der Waals surface area (Å²) in [6.45, 7) is 5.83. The molecular formula is C18H26ClN3O. The molecule has 1 heterocycles. The third-order valence-corrected chi connectivity index (χ3v) is 4.88. The van der Waals surface area contributed by atoms with Gasteiger partial charge in [-0.1, -0.05) is 23.7 Å². The van der Waals surface area contributed by atoms with Gasteiger partial charge >= 0.3 is 0 Å². The van der Waals surface area contributed by atoms with E-state index in [0.717, 1.165) is 57.0 Å². The molecule has 1 saturated heterocycles. The number of benzene rings is 1. The summed E-state index contributed by atoms with van der Waals surface area (Å²) in [4.78, 5) is 16.6. The van der Waals surface area contributed by atoms with Gasteiger partial charge in [0.05, 0.1) is 6.54 Å². The summed E-state index contributed by atoms with van der Waals surface area (Å²) in [5.41, 5.74) is 1.35. The molecule has 1 aromatic carbocycles. The van der Waals surface area contributed by atoms with Gasteiger partial charge in [-0.05, 0) is 49.9 Å². The van der Waals surface area contributed by atoms with Gasteiger partial charge in [-0.25, -0.2) is 0 Å². The van der Waals surface area contributed by atoms with Crippen LogP contribution in [0.4, 0.5) is 0 Å². The summed E-state index contributed by atoms with van der Waals surface area (Å²) in [5.74, 6) is 0.198. The SMILES string of the molecule is O=C(CN1CCN(CCCc2ccc(Cl)cc2)CC1)NC1CC1. The molecule has 0 unspecified atom stereocenters. The molecule has 0 atom stereocenters. The summed E-state index contributed by atoms with van der Waals surface area (Å²) in [6, 6.07) is 8.61. The molecule has 1 amide bonds. The van der Waals surface area contributed by atoms with Crippen molar-refractivity contribution in [2.45, 2.75) is 31.7 Å². The zero-order valence-electron chi connectivity index (χ0n) is 13.6. The zero-order valence-corrected chi connectivity index (χ0v) is 14.4. The van der Waals surface area contributed by atoms with Gasteiger partial charge in [-0.2, -0.15) is 0 Å². The first-order chi connectivity index (χ1) is 11.2. The number of rotatable bonds is 7. The monoisotopic (exact) mass is 335 g/mol. The quantitative estimate of drug-likeness (QED) is 0.829. The highest BCUT2D eigenvalue weighted by molar-refractivity contribution is 6.30. The third-order valence-electron chi connectivity index (χ3n) is 4.63. The predicted octanol–water partition coefficient (Wildman–Crippen LogP) is 2.17. The number of halogens is 1. The number of amides is 1. The van der Waals surface area contributed by atoms with Crippen LogP contribution < -0.4 is 5.32 Å².